The maximum absolute atomic E-state index is 12.2. The van der Waals surface area contributed by atoms with Crippen molar-refractivity contribution >= 4 is 31.3 Å². The molecule has 1 N–H and O–H groups in total. The van der Waals surface area contributed by atoms with E-state index in [1.807, 2.05) is 0 Å². The molecule has 5 nitrogen and oxygen atoms in total. The Morgan fingerprint density at radius 1 is 1.29 bits per heavy atom. The fourth-order valence-corrected chi connectivity index (χ4v) is 3.58. The zero-order chi connectivity index (χ0) is 15.5. The van der Waals surface area contributed by atoms with Crippen LogP contribution in [0.15, 0.2) is 23.1 Å². The Kier molecular flexibility index (Phi) is 5.11. The molecule has 7 heteroatoms. The molecule has 0 atom stereocenters. The second-order valence-corrected chi connectivity index (χ2v) is 7.66. The van der Waals surface area contributed by atoms with Crippen molar-refractivity contribution in [3.05, 3.63) is 18.2 Å². The van der Waals surface area contributed by atoms with Gasteiger partial charge in [-0.25, -0.2) is 8.42 Å². The molecule has 0 heterocycles. The SMILES string of the molecule is COc1ccc(NC(=O)C2CCCCC2)cc1S(=O)(=O)Cl. The molecule has 1 aliphatic carbocycles. The molecule has 0 saturated heterocycles. The number of methoxy groups -OCH3 is 1. The van der Waals surface area contributed by atoms with Crippen molar-refractivity contribution in [3.63, 3.8) is 0 Å². The molecule has 1 aliphatic rings. The first-order chi connectivity index (χ1) is 9.91. The number of amides is 1. The summed E-state index contributed by atoms with van der Waals surface area (Å²) in [5.41, 5.74) is 0.408. The van der Waals surface area contributed by atoms with Gasteiger partial charge in [-0.15, -0.1) is 0 Å². The van der Waals surface area contributed by atoms with Crippen LogP contribution in [-0.2, 0) is 13.8 Å². The van der Waals surface area contributed by atoms with Gasteiger partial charge in [-0.1, -0.05) is 19.3 Å². The lowest BCUT2D eigenvalue weighted by Gasteiger charge is -2.21. The zero-order valence-corrected chi connectivity index (χ0v) is 13.3. The van der Waals surface area contributed by atoms with Gasteiger partial charge in [-0.2, -0.15) is 0 Å². The minimum Gasteiger partial charge on any atom is -0.495 e. The average Bonchev–Trinajstić information content (AvgIpc) is 2.47. The molecule has 1 aromatic rings. The van der Waals surface area contributed by atoms with Gasteiger partial charge in [-0.05, 0) is 31.0 Å². The van der Waals surface area contributed by atoms with Crippen LogP contribution in [0.1, 0.15) is 32.1 Å². The van der Waals surface area contributed by atoms with E-state index in [2.05, 4.69) is 5.32 Å². The van der Waals surface area contributed by atoms with Gasteiger partial charge in [0.15, 0.2) is 0 Å². The third-order valence-corrected chi connectivity index (χ3v) is 5.01. The van der Waals surface area contributed by atoms with Crippen molar-refractivity contribution in [1.29, 1.82) is 0 Å². The summed E-state index contributed by atoms with van der Waals surface area (Å²) in [6.07, 6.45) is 5.04. The third kappa shape index (κ3) is 4.11. The van der Waals surface area contributed by atoms with E-state index in [1.54, 1.807) is 6.07 Å². The number of hydrogen-bond acceptors (Lipinski definition) is 4. The summed E-state index contributed by atoms with van der Waals surface area (Å²) >= 11 is 0. The molecule has 0 aromatic heterocycles. The van der Waals surface area contributed by atoms with Gasteiger partial charge in [-0.3, -0.25) is 4.79 Å². The van der Waals surface area contributed by atoms with E-state index in [9.17, 15) is 13.2 Å². The van der Waals surface area contributed by atoms with E-state index < -0.39 is 9.05 Å². The molecular formula is C14H18ClNO4S. The molecule has 0 aliphatic heterocycles. The summed E-state index contributed by atoms with van der Waals surface area (Å²) in [6.45, 7) is 0. The van der Waals surface area contributed by atoms with Crippen LogP contribution in [-0.4, -0.2) is 21.4 Å². The topological polar surface area (TPSA) is 72.5 Å². The number of carbonyl (C=O) groups excluding carboxylic acids is 1. The van der Waals surface area contributed by atoms with Crippen LogP contribution >= 0.6 is 10.7 Å². The van der Waals surface area contributed by atoms with Crippen LogP contribution in [0.4, 0.5) is 5.69 Å². The molecule has 0 unspecified atom stereocenters. The first-order valence-electron chi connectivity index (χ1n) is 6.85. The smallest absolute Gasteiger partial charge is 0.265 e. The number of rotatable bonds is 4. The van der Waals surface area contributed by atoms with Crippen LogP contribution in [0.2, 0.25) is 0 Å². The maximum atomic E-state index is 12.2. The largest absolute Gasteiger partial charge is 0.495 e. The van der Waals surface area contributed by atoms with Gasteiger partial charge < -0.3 is 10.1 Å². The Morgan fingerprint density at radius 3 is 2.52 bits per heavy atom. The molecule has 0 spiro atoms. The van der Waals surface area contributed by atoms with Gasteiger partial charge >= 0.3 is 0 Å². The number of anilines is 1. The molecule has 2 rings (SSSR count). The fourth-order valence-electron chi connectivity index (χ4n) is 2.55. The van der Waals surface area contributed by atoms with Crippen molar-refractivity contribution in [2.24, 2.45) is 5.92 Å². The zero-order valence-electron chi connectivity index (χ0n) is 11.8. The number of hydrogen-bond donors (Lipinski definition) is 1. The van der Waals surface area contributed by atoms with Crippen LogP contribution < -0.4 is 10.1 Å². The van der Waals surface area contributed by atoms with Gasteiger partial charge in [0.25, 0.3) is 9.05 Å². The molecule has 21 heavy (non-hydrogen) atoms. The lowest BCUT2D eigenvalue weighted by Crippen LogP contribution is -2.24. The second kappa shape index (κ2) is 6.66. The molecule has 1 aromatic carbocycles. The third-order valence-electron chi connectivity index (χ3n) is 3.67. The predicted octanol–water partition coefficient (Wildman–Crippen LogP) is 3.14. The highest BCUT2D eigenvalue weighted by atomic mass is 35.7. The van der Waals surface area contributed by atoms with Gasteiger partial charge in [0.1, 0.15) is 10.6 Å². The van der Waals surface area contributed by atoms with Crippen LogP contribution in [0.25, 0.3) is 0 Å². The Labute approximate surface area is 129 Å². The summed E-state index contributed by atoms with van der Waals surface area (Å²) in [6, 6.07) is 4.40. The summed E-state index contributed by atoms with van der Waals surface area (Å²) in [5.74, 6) is 0.0790. The van der Waals surface area contributed by atoms with Crippen LogP contribution in [0, 0.1) is 5.92 Å². The van der Waals surface area contributed by atoms with Crippen molar-refractivity contribution in [2.75, 3.05) is 12.4 Å². The average molecular weight is 332 g/mol. The minimum absolute atomic E-state index is 0.00286. The summed E-state index contributed by atoms with van der Waals surface area (Å²) in [7, 11) is 2.81. The van der Waals surface area contributed by atoms with Crippen molar-refractivity contribution in [3.8, 4) is 5.75 Å². The number of carbonyl (C=O) groups is 1. The maximum Gasteiger partial charge on any atom is 0.265 e. The molecule has 0 radical (unpaired) electrons. The van der Waals surface area contributed by atoms with E-state index >= 15 is 0 Å². The van der Waals surface area contributed by atoms with Crippen molar-refractivity contribution in [2.45, 2.75) is 37.0 Å². The molecule has 1 fully saturated rings. The van der Waals surface area contributed by atoms with E-state index in [-0.39, 0.29) is 22.5 Å². The normalized spacial score (nSPS) is 16.5. The lowest BCUT2D eigenvalue weighted by atomic mass is 9.88. The van der Waals surface area contributed by atoms with Crippen molar-refractivity contribution < 1.29 is 17.9 Å². The van der Waals surface area contributed by atoms with Gasteiger partial charge in [0.2, 0.25) is 5.91 Å². The number of nitrogens with one attached hydrogen (secondary N) is 1. The Hall–Kier alpha value is -1.27. The molecule has 0 bridgehead atoms. The molecular weight excluding hydrogens is 314 g/mol. The monoisotopic (exact) mass is 331 g/mol. The Morgan fingerprint density at radius 2 is 1.95 bits per heavy atom. The van der Waals surface area contributed by atoms with Crippen LogP contribution in [0.5, 0.6) is 5.75 Å². The first kappa shape index (κ1) is 16.1. The van der Waals surface area contributed by atoms with Gasteiger partial charge in [0.05, 0.1) is 7.11 Å². The number of benzene rings is 1. The summed E-state index contributed by atoms with van der Waals surface area (Å²) < 4.78 is 28.0. The highest BCUT2D eigenvalue weighted by molar-refractivity contribution is 8.13. The minimum atomic E-state index is -3.93. The van der Waals surface area contributed by atoms with Crippen LogP contribution in [0.3, 0.4) is 0 Å². The van der Waals surface area contributed by atoms with E-state index in [0.717, 1.165) is 25.7 Å². The van der Waals surface area contributed by atoms with E-state index in [4.69, 9.17) is 15.4 Å². The second-order valence-electron chi connectivity index (χ2n) is 5.13. The van der Waals surface area contributed by atoms with E-state index in [1.165, 1.54) is 25.7 Å². The Bertz CT molecular complexity index is 624. The number of ether oxygens (including phenoxy) is 1. The molecule has 1 saturated carbocycles. The lowest BCUT2D eigenvalue weighted by molar-refractivity contribution is -0.120. The van der Waals surface area contributed by atoms with Crippen molar-refractivity contribution in [1.82, 2.24) is 0 Å². The predicted molar refractivity (Wildman–Crippen MR) is 81.2 cm³/mol. The van der Waals surface area contributed by atoms with E-state index in [0.29, 0.717) is 5.69 Å². The molecule has 1 amide bonds. The van der Waals surface area contributed by atoms with Gasteiger partial charge in [0, 0.05) is 22.3 Å². The fraction of sp³-hybridized carbons (Fsp3) is 0.500. The molecule has 116 valence electrons. The highest BCUT2D eigenvalue weighted by Gasteiger charge is 2.22. The quantitative estimate of drug-likeness (QED) is 0.860. The standard InChI is InChI=1S/C14H18ClNO4S/c1-20-12-8-7-11(9-13(12)21(15,18)19)16-14(17)10-5-3-2-4-6-10/h7-10H,2-6H2,1H3,(H,16,17). The summed E-state index contributed by atoms with van der Waals surface area (Å²) in [5, 5.41) is 2.76. The number of halogens is 1. The highest BCUT2D eigenvalue weighted by Crippen LogP contribution is 2.30. The Balaban J connectivity index is 2.19. The summed E-state index contributed by atoms with van der Waals surface area (Å²) in [4.78, 5) is 12.0. The first-order valence-corrected chi connectivity index (χ1v) is 9.16.